The van der Waals surface area contributed by atoms with Crippen LogP contribution in [0, 0.1) is 0 Å². The smallest absolute Gasteiger partial charge is 0.319 e. The Kier molecular flexibility index (Phi) is 7.08. The fourth-order valence-electron chi connectivity index (χ4n) is 2.51. The molecule has 1 unspecified atom stereocenters. The summed E-state index contributed by atoms with van der Waals surface area (Å²) < 4.78 is 0.869. The first-order chi connectivity index (χ1) is 11.2. The maximum absolute atomic E-state index is 12.2. The molecule has 1 aromatic heterocycles. The molecule has 0 fully saturated rings. The van der Waals surface area contributed by atoms with E-state index in [0.29, 0.717) is 6.54 Å². The van der Waals surface area contributed by atoms with Crippen molar-refractivity contribution < 1.29 is 4.79 Å². The Labute approximate surface area is 150 Å². The van der Waals surface area contributed by atoms with Crippen LogP contribution in [0.3, 0.4) is 0 Å². The van der Waals surface area contributed by atoms with Gasteiger partial charge in [-0.2, -0.15) is 11.3 Å². The highest BCUT2D eigenvalue weighted by Gasteiger charge is 2.19. The van der Waals surface area contributed by atoms with Gasteiger partial charge in [0, 0.05) is 11.0 Å². The maximum atomic E-state index is 12.2. The number of urea groups is 1. The second-order valence-electron chi connectivity index (χ2n) is 5.11. The van der Waals surface area contributed by atoms with Crippen LogP contribution in [-0.4, -0.2) is 30.6 Å². The molecule has 0 aliphatic rings. The van der Waals surface area contributed by atoms with Gasteiger partial charge in [-0.05, 0) is 63.5 Å². The lowest BCUT2D eigenvalue weighted by atomic mass is 10.1. The molecule has 0 spiro atoms. The largest absolute Gasteiger partial charge is 0.336 e. The van der Waals surface area contributed by atoms with Gasteiger partial charge in [-0.1, -0.05) is 26.0 Å². The Morgan fingerprint density at radius 1 is 1.26 bits per heavy atom. The number of nitrogens with zero attached hydrogens (tertiary/aromatic N) is 1. The standard InChI is InChI=1S/C17H22BrN3OS/c1-3-21(4-2)16(13-9-10-23-12-13)11-19-17(22)20-15-8-6-5-7-14(15)18/h5-10,12,16H,3-4,11H2,1-2H3,(H2,19,20,22). The summed E-state index contributed by atoms with van der Waals surface area (Å²) >= 11 is 5.12. The van der Waals surface area contributed by atoms with Gasteiger partial charge in [-0.25, -0.2) is 4.79 Å². The summed E-state index contributed by atoms with van der Waals surface area (Å²) in [6.07, 6.45) is 0. The van der Waals surface area contributed by atoms with Crippen molar-refractivity contribution in [3.05, 3.63) is 51.1 Å². The first-order valence-electron chi connectivity index (χ1n) is 7.71. The van der Waals surface area contributed by atoms with E-state index >= 15 is 0 Å². The number of benzene rings is 1. The van der Waals surface area contributed by atoms with Gasteiger partial charge in [0.2, 0.25) is 0 Å². The monoisotopic (exact) mass is 395 g/mol. The quantitative estimate of drug-likeness (QED) is 0.712. The topological polar surface area (TPSA) is 44.4 Å². The van der Waals surface area contributed by atoms with E-state index < -0.39 is 0 Å². The second kappa shape index (κ2) is 9.05. The Bertz CT molecular complexity index is 614. The summed E-state index contributed by atoms with van der Waals surface area (Å²) in [5, 5.41) is 10.1. The molecule has 0 bridgehead atoms. The fraction of sp³-hybridized carbons (Fsp3) is 0.353. The Hall–Kier alpha value is -1.37. The first kappa shape index (κ1) is 18.0. The Morgan fingerprint density at radius 3 is 2.61 bits per heavy atom. The number of hydrogen-bond donors (Lipinski definition) is 2. The van der Waals surface area contributed by atoms with Crippen LogP contribution < -0.4 is 10.6 Å². The number of para-hydroxylation sites is 1. The number of halogens is 1. The molecular weight excluding hydrogens is 374 g/mol. The van der Waals surface area contributed by atoms with Gasteiger partial charge in [0.25, 0.3) is 0 Å². The molecule has 0 saturated heterocycles. The minimum Gasteiger partial charge on any atom is -0.336 e. The minimum atomic E-state index is -0.190. The molecule has 2 aromatic rings. The van der Waals surface area contributed by atoms with Gasteiger partial charge in [0.05, 0.1) is 11.7 Å². The van der Waals surface area contributed by atoms with E-state index in [1.165, 1.54) is 5.56 Å². The third-order valence-electron chi connectivity index (χ3n) is 3.76. The van der Waals surface area contributed by atoms with E-state index in [2.05, 4.69) is 62.1 Å². The van der Waals surface area contributed by atoms with E-state index in [4.69, 9.17) is 0 Å². The van der Waals surface area contributed by atoms with Crippen molar-refractivity contribution in [2.75, 3.05) is 25.0 Å². The van der Waals surface area contributed by atoms with Crippen molar-refractivity contribution in [1.29, 1.82) is 0 Å². The highest BCUT2D eigenvalue weighted by molar-refractivity contribution is 9.10. The summed E-state index contributed by atoms with van der Waals surface area (Å²) in [7, 11) is 0. The van der Waals surface area contributed by atoms with Crippen LogP contribution >= 0.6 is 27.3 Å². The van der Waals surface area contributed by atoms with Crippen molar-refractivity contribution in [3.8, 4) is 0 Å². The number of anilines is 1. The van der Waals surface area contributed by atoms with Crippen LogP contribution in [0.5, 0.6) is 0 Å². The van der Waals surface area contributed by atoms with Gasteiger partial charge in [-0.15, -0.1) is 0 Å². The molecule has 2 rings (SSSR count). The molecule has 1 aromatic carbocycles. The summed E-state index contributed by atoms with van der Waals surface area (Å²) in [4.78, 5) is 14.5. The van der Waals surface area contributed by atoms with Crippen LogP contribution in [0.4, 0.5) is 10.5 Å². The number of carbonyl (C=O) groups is 1. The molecule has 23 heavy (non-hydrogen) atoms. The lowest BCUT2D eigenvalue weighted by molar-refractivity contribution is 0.210. The lowest BCUT2D eigenvalue weighted by Crippen LogP contribution is -2.39. The predicted molar refractivity (Wildman–Crippen MR) is 101 cm³/mol. The molecule has 1 heterocycles. The number of rotatable bonds is 7. The normalized spacial score (nSPS) is 12.2. The molecule has 0 aliphatic carbocycles. The zero-order valence-electron chi connectivity index (χ0n) is 13.4. The van der Waals surface area contributed by atoms with Gasteiger partial charge in [-0.3, -0.25) is 4.90 Å². The van der Waals surface area contributed by atoms with Crippen molar-refractivity contribution in [3.63, 3.8) is 0 Å². The summed E-state index contributed by atoms with van der Waals surface area (Å²) in [6, 6.07) is 9.71. The number of thiophene rings is 1. The van der Waals surface area contributed by atoms with E-state index in [-0.39, 0.29) is 12.1 Å². The van der Waals surface area contributed by atoms with Crippen LogP contribution in [0.15, 0.2) is 45.6 Å². The van der Waals surface area contributed by atoms with Crippen LogP contribution in [-0.2, 0) is 0 Å². The van der Waals surface area contributed by atoms with Crippen molar-refractivity contribution in [2.24, 2.45) is 0 Å². The molecule has 2 amide bonds. The molecule has 6 heteroatoms. The van der Waals surface area contributed by atoms with E-state index in [9.17, 15) is 4.79 Å². The Balaban J connectivity index is 1.98. The molecule has 0 saturated carbocycles. The van der Waals surface area contributed by atoms with Crippen molar-refractivity contribution >= 4 is 39.0 Å². The Morgan fingerprint density at radius 2 is 2.00 bits per heavy atom. The average Bonchev–Trinajstić information content (AvgIpc) is 3.08. The van der Waals surface area contributed by atoms with E-state index in [1.54, 1.807) is 11.3 Å². The van der Waals surface area contributed by atoms with E-state index in [1.807, 2.05) is 24.3 Å². The highest BCUT2D eigenvalue weighted by atomic mass is 79.9. The molecule has 0 aliphatic heterocycles. The molecule has 1 atom stereocenters. The van der Waals surface area contributed by atoms with Gasteiger partial charge in [0.1, 0.15) is 0 Å². The number of amides is 2. The molecular formula is C17H22BrN3OS. The van der Waals surface area contributed by atoms with Crippen molar-refractivity contribution in [2.45, 2.75) is 19.9 Å². The average molecular weight is 396 g/mol. The highest BCUT2D eigenvalue weighted by Crippen LogP contribution is 2.23. The van der Waals surface area contributed by atoms with Gasteiger partial charge < -0.3 is 10.6 Å². The SMILES string of the molecule is CCN(CC)C(CNC(=O)Nc1ccccc1Br)c1ccsc1. The second-order valence-corrected chi connectivity index (χ2v) is 6.74. The first-order valence-corrected chi connectivity index (χ1v) is 9.44. The third-order valence-corrected chi connectivity index (χ3v) is 5.15. The number of likely N-dealkylation sites (N-methyl/N-ethyl adjacent to an activating group) is 1. The maximum Gasteiger partial charge on any atom is 0.319 e. The van der Waals surface area contributed by atoms with E-state index in [0.717, 1.165) is 23.2 Å². The zero-order valence-corrected chi connectivity index (χ0v) is 15.8. The molecule has 0 radical (unpaired) electrons. The summed E-state index contributed by atoms with van der Waals surface area (Å²) in [6.45, 7) is 6.76. The van der Waals surface area contributed by atoms with Crippen LogP contribution in [0.2, 0.25) is 0 Å². The van der Waals surface area contributed by atoms with Crippen LogP contribution in [0.25, 0.3) is 0 Å². The predicted octanol–water partition coefficient (Wildman–Crippen LogP) is 4.72. The third kappa shape index (κ3) is 5.06. The summed E-state index contributed by atoms with van der Waals surface area (Å²) in [5.74, 6) is 0. The number of nitrogens with one attached hydrogen (secondary N) is 2. The summed E-state index contributed by atoms with van der Waals surface area (Å²) in [5.41, 5.74) is 2.01. The van der Waals surface area contributed by atoms with Gasteiger partial charge in [0.15, 0.2) is 0 Å². The minimum absolute atomic E-state index is 0.190. The molecule has 2 N–H and O–H groups in total. The van der Waals surface area contributed by atoms with Gasteiger partial charge >= 0.3 is 6.03 Å². The van der Waals surface area contributed by atoms with Crippen molar-refractivity contribution in [1.82, 2.24) is 10.2 Å². The zero-order chi connectivity index (χ0) is 16.7. The molecule has 124 valence electrons. The number of carbonyl (C=O) groups excluding carboxylic acids is 1. The molecule has 4 nitrogen and oxygen atoms in total. The van der Waals surface area contributed by atoms with Crippen LogP contribution in [0.1, 0.15) is 25.5 Å². The number of hydrogen-bond acceptors (Lipinski definition) is 3. The lowest BCUT2D eigenvalue weighted by Gasteiger charge is -2.29. The fourth-order valence-corrected chi connectivity index (χ4v) is 3.60.